The van der Waals surface area contributed by atoms with E-state index < -0.39 is 0 Å². The summed E-state index contributed by atoms with van der Waals surface area (Å²) in [5, 5.41) is 1.74. The number of amides is 1. The summed E-state index contributed by atoms with van der Waals surface area (Å²) >= 11 is 6.15. The molecule has 1 aromatic heterocycles. The van der Waals surface area contributed by atoms with Gasteiger partial charge in [0.25, 0.3) is 5.91 Å². The maximum absolute atomic E-state index is 12.6. The Hall–Kier alpha value is -2.52. The van der Waals surface area contributed by atoms with Gasteiger partial charge in [0.2, 0.25) is 0 Å². The van der Waals surface area contributed by atoms with Crippen LogP contribution in [0.2, 0.25) is 5.02 Å². The Kier molecular flexibility index (Phi) is 3.87. The number of rotatable bonds is 2. The summed E-state index contributed by atoms with van der Waals surface area (Å²) in [7, 11) is 0. The van der Waals surface area contributed by atoms with Gasteiger partial charge in [0.15, 0.2) is 0 Å². The number of hydrogen-bond donors (Lipinski definition) is 1. The molecular weight excluding hydrogens is 320 g/mol. The molecular formula is C20H17ClN2O. The van der Waals surface area contributed by atoms with E-state index in [2.05, 4.69) is 35.5 Å². The van der Waals surface area contributed by atoms with E-state index in [-0.39, 0.29) is 5.91 Å². The highest BCUT2D eigenvalue weighted by Gasteiger charge is 2.21. The molecule has 4 heteroatoms. The number of nitrogens with zero attached hydrogens (tertiary/aromatic N) is 1. The van der Waals surface area contributed by atoms with E-state index in [1.165, 1.54) is 16.5 Å². The molecule has 1 aliphatic rings. The third-order valence-corrected chi connectivity index (χ3v) is 4.87. The minimum Gasteiger partial charge on any atom is -0.361 e. The molecule has 0 unspecified atom stereocenters. The first-order valence-corrected chi connectivity index (χ1v) is 8.41. The molecule has 0 aliphatic carbocycles. The molecule has 1 N–H and O–H groups in total. The van der Waals surface area contributed by atoms with Crippen LogP contribution in [0.25, 0.3) is 16.5 Å². The molecule has 2 heterocycles. The normalized spacial score (nSPS) is 14.7. The number of carbonyl (C=O) groups excluding carboxylic acids is 1. The van der Waals surface area contributed by atoms with Gasteiger partial charge >= 0.3 is 0 Å². The number of H-pyrrole nitrogens is 1. The lowest BCUT2D eigenvalue weighted by molar-refractivity contribution is 0.0773. The van der Waals surface area contributed by atoms with Gasteiger partial charge in [0, 0.05) is 35.8 Å². The van der Waals surface area contributed by atoms with Crippen molar-refractivity contribution >= 4 is 34.0 Å². The largest absolute Gasteiger partial charge is 0.361 e. The highest BCUT2D eigenvalue weighted by molar-refractivity contribution is 6.33. The molecule has 24 heavy (non-hydrogen) atoms. The van der Waals surface area contributed by atoms with E-state index in [1.54, 1.807) is 12.1 Å². The van der Waals surface area contributed by atoms with Crippen molar-refractivity contribution in [1.82, 2.24) is 9.88 Å². The predicted molar refractivity (Wildman–Crippen MR) is 98.2 cm³/mol. The molecule has 3 nitrogen and oxygen atoms in total. The average Bonchev–Trinajstić information content (AvgIpc) is 3.06. The first-order valence-electron chi connectivity index (χ1n) is 8.03. The first-order chi connectivity index (χ1) is 11.7. The molecule has 0 spiro atoms. The number of para-hydroxylation sites is 1. The van der Waals surface area contributed by atoms with Gasteiger partial charge in [-0.2, -0.15) is 0 Å². The van der Waals surface area contributed by atoms with Crippen LogP contribution in [0, 0.1) is 0 Å². The summed E-state index contributed by atoms with van der Waals surface area (Å²) in [5.41, 5.74) is 4.23. The second kappa shape index (κ2) is 6.17. The number of fused-ring (bicyclic) bond motifs is 1. The summed E-state index contributed by atoms with van der Waals surface area (Å²) in [5.74, 6) is -0.00479. The molecule has 4 rings (SSSR count). The van der Waals surface area contributed by atoms with Crippen molar-refractivity contribution in [1.29, 1.82) is 0 Å². The molecule has 2 aromatic carbocycles. The molecule has 3 aromatic rings. The van der Waals surface area contributed by atoms with Gasteiger partial charge in [-0.15, -0.1) is 0 Å². The Morgan fingerprint density at radius 2 is 1.88 bits per heavy atom. The molecule has 0 bridgehead atoms. The van der Waals surface area contributed by atoms with Crippen molar-refractivity contribution in [2.24, 2.45) is 0 Å². The van der Waals surface area contributed by atoms with Crippen LogP contribution in [-0.2, 0) is 0 Å². The van der Waals surface area contributed by atoms with Gasteiger partial charge < -0.3 is 9.88 Å². The van der Waals surface area contributed by atoms with Crippen LogP contribution in [0.1, 0.15) is 22.3 Å². The van der Waals surface area contributed by atoms with Gasteiger partial charge in [0.05, 0.1) is 10.6 Å². The minimum absolute atomic E-state index is 0.00479. The smallest absolute Gasteiger partial charge is 0.255 e. The van der Waals surface area contributed by atoms with Crippen molar-refractivity contribution < 1.29 is 4.79 Å². The topological polar surface area (TPSA) is 36.1 Å². The highest BCUT2D eigenvalue weighted by Crippen LogP contribution is 2.29. The van der Waals surface area contributed by atoms with Crippen LogP contribution in [-0.4, -0.2) is 28.9 Å². The van der Waals surface area contributed by atoms with Crippen LogP contribution in [0.15, 0.2) is 60.8 Å². The number of halogens is 1. The fraction of sp³-hybridized carbons (Fsp3) is 0.150. The second-order valence-electron chi connectivity index (χ2n) is 5.96. The van der Waals surface area contributed by atoms with E-state index in [0.717, 1.165) is 11.9 Å². The number of hydrogen-bond acceptors (Lipinski definition) is 1. The van der Waals surface area contributed by atoms with Gasteiger partial charge in [0.1, 0.15) is 0 Å². The summed E-state index contributed by atoms with van der Waals surface area (Å²) in [6.45, 7) is 1.31. The fourth-order valence-electron chi connectivity index (χ4n) is 3.24. The Morgan fingerprint density at radius 1 is 1.08 bits per heavy atom. The van der Waals surface area contributed by atoms with Crippen molar-refractivity contribution in [2.75, 3.05) is 13.1 Å². The summed E-state index contributed by atoms with van der Waals surface area (Å²) < 4.78 is 0. The lowest BCUT2D eigenvalue weighted by Gasteiger charge is -2.27. The zero-order valence-corrected chi connectivity index (χ0v) is 13.9. The average molecular weight is 337 g/mol. The van der Waals surface area contributed by atoms with Crippen molar-refractivity contribution in [3.63, 3.8) is 0 Å². The van der Waals surface area contributed by atoms with Crippen LogP contribution in [0.4, 0.5) is 0 Å². The van der Waals surface area contributed by atoms with Gasteiger partial charge in [-0.05, 0) is 30.2 Å². The molecule has 0 radical (unpaired) electrons. The lowest BCUT2D eigenvalue weighted by Crippen LogP contribution is -2.34. The maximum Gasteiger partial charge on any atom is 0.255 e. The molecule has 1 aliphatic heterocycles. The Bertz CT molecular complexity index is 941. The minimum atomic E-state index is -0.00479. The first kappa shape index (κ1) is 15.0. The third-order valence-electron chi connectivity index (χ3n) is 4.54. The van der Waals surface area contributed by atoms with Gasteiger partial charge in [-0.3, -0.25) is 4.79 Å². The molecule has 0 atom stereocenters. The molecule has 0 saturated carbocycles. The van der Waals surface area contributed by atoms with Gasteiger partial charge in [-0.1, -0.05) is 48.0 Å². The lowest BCUT2D eigenvalue weighted by atomic mass is 9.98. The van der Waals surface area contributed by atoms with E-state index in [4.69, 9.17) is 11.6 Å². The van der Waals surface area contributed by atoms with Crippen LogP contribution in [0.5, 0.6) is 0 Å². The summed E-state index contributed by atoms with van der Waals surface area (Å²) in [6.07, 6.45) is 5.05. The fourth-order valence-corrected chi connectivity index (χ4v) is 3.46. The Labute approximate surface area is 145 Å². The van der Waals surface area contributed by atoms with Crippen LogP contribution >= 0.6 is 11.6 Å². The quantitative estimate of drug-likeness (QED) is 0.720. The van der Waals surface area contributed by atoms with E-state index in [9.17, 15) is 4.79 Å². The molecule has 0 saturated heterocycles. The third kappa shape index (κ3) is 2.61. The predicted octanol–water partition coefficient (Wildman–Crippen LogP) is 4.75. The number of aromatic amines is 1. The number of aromatic nitrogens is 1. The van der Waals surface area contributed by atoms with Crippen LogP contribution < -0.4 is 0 Å². The number of carbonyl (C=O) groups is 1. The van der Waals surface area contributed by atoms with Gasteiger partial charge in [-0.25, -0.2) is 0 Å². The SMILES string of the molecule is O=C(c1ccccc1Cl)N1CC=C(c2c[nH]c3ccccc23)CC1. The van der Waals surface area contributed by atoms with E-state index in [1.807, 2.05) is 23.1 Å². The van der Waals surface area contributed by atoms with E-state index in [0.29, 0.717) is 23.7 Å². The van der Waals surface area contributed by atoms with E-state index >= 15 is 0 Å². The second-order valence-corrected chi connectivity index (χ2v) is 6.37. The zero-order chi connectivity index (χ0) is 16.5. The maximum atomic E-state index is 12.6. The van der Waals surface area contributed by atoms with Crippen molar-refractivity contribution in [3.05, 3.63) is 77.0 Å². The molecule has 120 valence electrons. The standard InChI is InChI=1S/C20H17ClN2O/c21-18-7-3-1-6-16(18)20(24)23-11-9-14(10-12-23)17-13-22-19-8-4-2-5-15(17)19/h1-9,13,22H,10-12H2. The number of nitrogens with one attached hydrogen (secondary N) is 1. The van der Waals surface area contributed by atoms with Crippen LogP contribution in [0.3, 0.4) is 0 Å². The zero-order valence-electron chi connectivity index (χ0n) is 13.1. The summed E-state index contributed by atoms with van der Waals surface area (Å²) in [4.78, 5) is 17.8. The van der Waals surface area contributed by atoms with Crippen molar-refractivity contribution in [2.45, 2.75) is 6.42 Å². The molecule has 0 fully saturated rings. The number of benzene rings is 2. The Balaban J connectivity index is 1.57. The summed E-state index contributed by atoms with van der Waals surface area (Å²) in [6, 6.07) is 15.5. The van der Waals surface area contributed by atoms with Crippen molar-refractivity contribution in [3.8, 4) is 0 Å². The monoisotopic (exact) mass is 336 g/mol. The highest BCUT2D eigenvalue weighted by atomic mass is 35.5. The Morgan fingerprint density at radius 3 is 2.67 bits per heavy atom. The molecule has 1 amide bonds.